The van der Waals surface area contributed by atoms with Crippen molar-refractivity contribution < 1.29 is 26.3 Å². The first-order chi connectivity index (χ1) is 11.7. The van der Waals surface area contributed by atoms with Crippen LogP contribution >= 0.6 is 0 Å². The van der Waals surface area contributed by atoms with Crippen LogP contribution in [-0.4, -0.2) is 5.91 Å². The summed E-state index contributed by atoms with van der Waals surface area (Å²) in [7, 11) is 0. The Bertz CT molecular complexity index is 870. The smallest absolute Gasteiger partial charge is 0.255 e. The topological polar surface area (TPSA) is 56.8 Å². The summed E-state index contributed by atoms with van der Waals surface area (Å²) >= 11 is 0. The molecule has 0 aliphatic heterocycles. The number of halogens is 1. The second-order valence-corrected chi connectivity index (χ2v) is 5.39. The van der Waals surface area contributed by atoms with E-state index in [1.54, 1.807) is 24.3 Å². The summed E-state index contributed by atoms with van der Waals surface area (Å²) in [4.78, 5) is 12.2. The molecule has 0 aliphatic rings. The van der Waals surface area contributed by atoms with E-state index in [-0.39, 0.29) is 22.9 Å². The number of anilines is 1. The fourth-order valence-electron chi connectivity index (χ4n) is 2.34. The van der Waals surface area contributed by atoms with E-state index in [1.165, 1.54) is 5.56 Å². The number of pyridine rings is 1. The number of rotatable bonds is 4. The third-order valence-corrected chi connectivity index (χ3v) is 3.63. The highest BCUT2D eigenvalue weighted by Crippen LogP contribution is 2.09. The maximum absolute atomic E-state index is 12.2. The Labute approximate surface area is 157 Å². The molecule has 4 nitrogen and oxygen atoms in total. The van der Waals surface area contributed by atoms with Crippen molar-refractivity contribution in [2.45, 2.75) is 6.54 Å². The first-order valence-electron chi connectivity index (χ1n) is 7.59. The number of nitriles is 1. The first-order valence-corrected chi connectivity index (χ1v) is 7.59. The van der Waals surface area contributed by atoms with Gasteiger partial charge in [-0.2, -0.15) is 5.26 Å². The molecular formula is C20H16BrN3O. The maximum Gasteiger partial charge on any atom is 0.255 e. The Morgan fingerprint density at radius 3 is 2.20 bits per heavy atom. The average molecular weight is 394 g/mol. The Morgan fingerprint density at radius 2 is 1.60 bits per heavy atom. The van der Waals surface area contributed by atoms with Gasteiger partial charge in [0, 0.05) is 23.3 Å². The lowest BCUT2D eigenvalue weighted by Crippen LogP contribution is -3.00. The Morgan fingerprint density at radius 1 is 0.960 bits per heavy atom. The zero-order valence-electron chi connectivity index (χ0n) is 13.4. The van der Waals surface area contributed by atoms with E-state index in [0.29, 0.717) is 11.1 Å². The van der Waals surface area contributed by atoms with Crippen molar-refractivity contribution in [2.75, 3.05) is 5.32 Å². The van der Waals surface area contributed by atoms with Gasteiger partial charge in [0.15, 0.2) is 18.9 Å². The van der Waals surface area contributed by atoms with Crippen molar-refractivity contribution in [1.82, 2.24) is 0 Å². The number of aromatic nitrogens is 1. The molecule has 1 aromatic heterocycles. The number of nitrogens with zero attached hydrogens (tertiary/aromatic N) is 2. The van der Waals surface area contributed by atoms with Crippen molar-refractivity contribution in [2.24, 2.45) is 0 Å². The lowest BCUT2D eigenvalue weighted by Gasteiger charge is -2.05. The number of benzene rings is 2. The van der Waals surface area contributed by atoms with Crippen molar-refractivity contribution in [3.8, 4) is 6.07 Å². The van der Waals surface area contributed by atoms with Gasteiger partial charge in [0.2, 0.25) is 0 Å². The second kappa shape index (κ2) is 8.76. The van der Waals surface area contributed by atoms with Crippen LogP contribution in [0, 0.1) is 11.3 Å². The second-order valence-electron chi connectivity index (χ2n) is 5.39. The zero-order chi connectivity index (χ0) is 16.8. The minimum atomic E-state index is -0.194. The standard InChI is InChI=1S/C20H15N3O.BrH/c21-14-16-6-8-18(9-7-16)20(24)22-19-10-12-23(13-11-19)15-17-4-2-1-3-5-17;/h1-13H,15H2;1H. The molecule has 5 heteroatoms. The van der Waals surface area contributed by atoms with Gasteiger partial charge in [0.1, 0.15) is 0 Å². The fourth-order valence-corrected chi connectivity index (χ4v) is 2.34. The molecule has 3 aromatic rings. The lowest BCUT2D eigenvalue weighted by molar-refractivity contribution is -0.688. The molecule has 1 heterocycles. The number of carbonyl (C=O) groups is 1. The van der Waals surface area contributed by atoms with Gasteiger partial charge in [-0.25, -0.2) is 4.57 Å². The number of carbonyl (C=O) groups excluding carboxylic acids is 1. The van der Waals surface area contributed by atoms with E-state index < -0.39 is 0 Å². The van der Waals surface area contributed by atoms with E-state index in [1.807, 2.05) is 53.4 Å². The van der Waals surface area contributed by atoms with Crippen molar-refractivity contribution in [3.05, 3.63) is 95.8 Å². The number of nitrogens with one attached hydrogen (secondary N) is 1. The molecule has 3 rings (SSSR count). The van der Waals surface area contributed by atoms with Gasteiger partial charge in [-0.3, -0.25) is 4.79 Å². The van der Waals surface area contributed by atoms with E-state index in [2.05, 4.69) is 17.4 Å². The summed E-state index contributed by atoms with van der Waals surface area (Å²) in [5.74, 6) is -0.194. The number of hydrogen-bond acceptors (Lipinski definition) is 2. The molecule has 25 heavy (non-hydrogen) atoms. The molecule has 0 radical (unpaired) electrons. The number of hydrogen-bond donors (Lipinski definition) is 1. The highest BCUT2D eigenvalue weighted by atomic mass is 79.9. The molecule has 0 bridgehead atoms. The van der Waals surface area contributed by atoms with Gasteiger partial charge in [-0.1, -0.05) is 30.3 Å². The minimum Gasteiger partial charge on any atom is -1.00 e. The zero-order valence-corrected chi connectivity index (χ0v) is 15.0. The van der Waals surface area contributed by atoms with Crippen LogP contribution in [0.1, 0.15) is 21.5 Å². The van der Waals surface area contributed by atoms with Gasteiger partial charge >= 0.3 is 0 Å². The van der Waals surface area contributed by atoms with Crippen LogP contribution in [0.3, 0.4) is 0 Å². The molecule has 2 aromatic carbocycles. The average Bonchev–Trinajstić information content (AvgIpc) is 2.64. The van der Waals surface area contributed by atoms with Crippen molar-refractivity contribution in [1.29, 1.82) is 5.26 Å². The normalized spacial score (nSPS) is 9.56. The molecule has 0 spiro atoms. The first kappa shape index (κ1) is 18.4. The van der Waals surface area contributed by atoms with Gasteiger partial charge in [-0.05, 0) is 24.3 Å². The predicted octanol–water partition coefficient (Wildman–Crippen LogP) is 0.150. The maximum atomic E-state index is 12.2. The Hall–Kier alpha value is -2.97. The predicted molar refractivity (Wildman–Crippen MR) is 91.3 cm³/mol. The van der Waals surface area contributed by atoms with E-state index in [9.17, 15) is 4.79 Å². The molecule has 0 fully saturated rings. The van der Waals surface area contributed by atoms with Crippen LogP contribution in [-0.2, 0) is 6.54 Å². The number of amides is 1. The van der Waals surface area contributed by atoms with Gasteiger partial charge in [0.05, 0.1) is 17.3 Å². The third kappa shape index (κ3) is 5.00. The molecule has 0 aliphatic carbocycles. The molecule has 0 atom stereocenters. The van der Waals surface area contributed by atoms with Gasteiger partial charge < -0.3 is 22.3 Å². The van der Waals surface area contributed by atoms with Crippen LogP contribution < -0.4 is 26.9 Å². The SMILES string of the molecule is N#Cc1ccc(C(=O)Nc2cc[n+](Cc3ccccc3)cc2)cc1.[Br-]. The summed E-state index contributed by atoms with van der Waals surface area (Å²) in [6.07, 6.45) is 3.86. The van der Waals surface area contributed by atoms with Crippen LogP contribution in [0.4, 0.5) is 5.69 Å². The summed E-state index contributed by atoms with van der Waals surface area (Å²) in [5, 5.41) is 11.6. The van der Waals surface area contributed by atoms with Crippen LogP contribution in [0.25, 0.3) is 0 Å². The van der Waals surface area contributed by atoms with Crippen molar-refractivity contribution >= 4 is 11.6 Å². The van der Waals surface area contributed by atoms with E-state index in [4.69, 9.17) is 5.26 Å². The molecule has 0 saturated carbocycles. The highest BCUT2D eigenvalue weighted by Gasteiger charge is 2.08. The third-order valence-electron chi connectivity index (χ3n) is 3.63. The molecular weight excluding hydrogens is 378 g/mol. The van der Waals surface area contributed by atoms with Gasteiger partial charge in [-0.15, -0.1) is 0 Å². The quantitative estimate of drug-likeness (QED) is 0.641. The summed E-state index contributed by atoms with van der Waals surface area (Å²) in [6.45, 7) is 0.782. The largest absolute Gasteiger partial charge is 1.00 e. The van der Waals surface area contributed by atoms with Crippen LogP contribution in [0.2, 0.25) is 0 Å². The van der Waals surface area contributed by atoms with Crippen LogP contribution in [0.15, 0.2) is 79.1 Å². The van der Waals surface area contributed by atoms with E-state index >= 15 is 0 Å². The molecule has 1 amide bonds. The fraction of sp³-hybridized carbons (Fsp3) is 0.0500. The van der Waals surface area contributed by atoms with E-state index in [0.717, 1.165) is 12.2 Å². The summed E-state index contributed by atoms with van der Waals surface area (Å²) in [6, 6.07) is 22.5. The molecule has 124 valence electrons. The Kier molecular flexibility index (Phi) is 6.44. The Balaban J connectivity index is 0.00000225. The molecule has 1 N–H and O–H groups in total. The summed E-state index contributed by atoms with van der Waals surface area (Å²) < 4.78 is 2.05. The van der Waals surface area contributed by atoms with Crippen LogP contribution in [0.5, 0.6) is 0 Å². The highest BCUT2D eigenvalue weighted by molar-refractivity contribution is 6.04. The monoisotopic (exact) mass is 393 g/mol. The van der Waals surface area contributed by atoms with Gasteiger partial charge in [0.25, 0.3) is 5.91 Å². The minimum absolute atomic E-state index is 0. The van der Waals surface area contributed by atoms with Crippen molar-refractivity contribution in [3.63, 3.8) is 0 Å². The lowest BCUT2D eigenvalue weighted by atomic mass is 10.1. The molecule has 0 unspecified atom stereocenters. The molecule has 0 saturated heterocycles. The summed E-state index contributed by atoms with van der Waals surface area (Å²) in [5.41, 5.74) is 3.01.